The second-order valence-corrected chi connectivity index (χ2v) is 5.57. The highest BCUT2D eigenvalue weighted by Crippen LogP contribution is 2.22. The van der Waals surface area contributed by atoms with Gasteiger partial charge in [-0.2, -0.15) is 0 Å². The van der Waals surface area contributed by atoms with Gasteiger partial charge in [-0.15, -0.1) is 5.10 Å². The standard InChI is InChI=1S/C13H18N4OS/c1-10-4-2-6-16(8-10)12-14-15-13(19)17(12)9-11-5-3-7-18-11/h3,5,7,10H,2,4,6,8-9H2,1H3,(H,15,19)/t10-/m0/s1. The molecule has 0 bridgehead atoms. The second-order valence-electron chi connectivity index (χ2n) is 5.19. The quantitative estimate of drug-likeness (QED) is 0.877. The first-order valence-electron chi connectivity index (χ1n) is 6.66. The first kappa shape index (κ1) is 12.5. The van der Waals surface area contributed by atoms with Gasteiger partial charge in [0.1, 0.15) is 5.76 Å². The van der Waals surface area contributed by atoms with E-state index in [0.717, 1.165) is 24.8 Å². The van der Waals surface area contributed by atoms with Crippen molar-refractivity contribution in [3.05, 3.63) is 28.9 Å². The average Bonchev–Trinajstić information content (AvgIpc) is 3.01. The number of hydrogen-bond donors (Lipinski definition) is 1. The van der Waals surface area contributed by atoms with Crippen molar-refractivity contribution in [2.75, 3.05) is 18.0 Å². The number of anilines is 1. The summed E-state index contributed by atoms with van der Waals surface area (Å²) in [5.41, 5.74) is 0. The molecule has 1 atom stereocenters. The molecule has 1 fully saturated rings. The van der Waals surface area contributed by atoms with Crippen LogP contribution in [0.3, 0.4) is 0 Å². The minimum Gasteiger partial charge on any atom is -0.467 e. The van der Waals surface area contributed by atoms with Gasteiger partial charge in [0.15, 0.2) is 4.77 Å². The van der Waals surface area contributed by atoms with Crippen LogP contribution in [0.2, 0.25) is 0 Å². The highest BCUT2D eigenvalue weighted by Gasteiger charge is 2.21. The Labute approximate surface area is 117 Å². The van der Waals surface area contributed by atoms with Crippen molar-refractivity contribution in [3.63, 3.8) is 0 Å². The van der Waals surface area contributed by atoms with Crippen LogP contribution in [0.1, 0.15) is 25.5 Å². The van der Waals surface area contributed by atoms with Crippen molar-refractivity contribution < 1.29 is 4.42 Å². The van der Waals surface area contributed by atoms with Gasteiger partial charge < -0.3 is 9.32 Å². The molecule has 0 unspecified atom stereocenters. The van der Waals surface area contributed by atoms with Gasteiger partial charge in [-0.1, -0.05) is 6.92 Å². The molecule has 0 saturated carbocycles. The predicted octanol–water partition coefficient (Wildman–Crippen LogP) is 2.82. The lowest BCUT2D eigenvalue weighted by Gasteiger charge is -2.31. The van der Waals surface area contributed by atoms with E-state index < -0.39 is 0 Å². The van der Waals surface area contributed by atoms with E-state index in [0.29, 0.717) is 17.2 Å². The van der Waals surface area contributed by atoms with Gasteiger partial charge in [0.05, 0.1) is 12.8 Å². The van der Waals surface area contributed by atoms with Crippen molar-refractivity contribution in [2.45, 2.75) is 26.3 Å². The van der Waals surface area contributed by atoms with Crippen LogP contribution >= 0.6 is 12.2 Å². The highest BCUT2D eigenvalue weighted by molar-refractivity contribution is 7.71. The fourth-order valence-electron chi connectivity index (χ4n) is 2.62. The van der Waals surface area contributed by atoms with Crippen LogP contribution in [0, 0.1) is 10.7 Å². The monoisotopic (exact) mass is 278 g/mol. The third-order valence-electron chi connectivity index (χ3n) is 3.57. The second kappa shape index (κ2) is 5.21. The van der Waals surface area contributed by atoms with Crippen LogP contribution in [-0.4, -0.2) is 27.9 Å². The summed E-state index contributed by atoms with van der Waals surface area (Å²) in [6.45, 7) is 4.99. The zero-order valence-electron chi connectivity index (χ0n) is 11.0. The lowest BCUT2D eigenvalue weighted by molar-refractivity contribution is 0.434. The van der Waals surface area contributed by atoms with E-state index in [1.165, 1.54) is 12.8 Å². The molecule has 19 heavy (non-hydrogen) atoms. The van der Waals surface area contributed by atoms with Crippen molar-refractivity contribution in [3.8, 4) is 0 Å². The smallest absolute Gasteiger partial charge is 0.226 e. The van der Waals surface area contributed by atoms with Gasteiger partial charge in [-0.3, -0.25) is 4.57 Å². The molecule has 0 aromatic carbocycles. The van der Waals surface area contributed by atoms with Crippen LogP contribution in [0.5, 0.6) is 0 Å². The molecule has 3 heterocycles. The molecule has 102 valence electrons. The number of piperidine rings is 1. The maximum atomic E-state index is 5.40. The van der Waals surface area contributed by atoms with Gasteiger partial charge in [-0.25, -0.2) is 5.10 Å². The Balaban J connectivity index is 1.87. The molecule has 5 nitrogen and oxygen atoms in total. The van der Waals surface area contributed by atoms with Crippen LogP contribution in [0.25, 0.3) is 0 Å². The molecule has 0 radical (unpaired) electrons. The average molecular weight is 278 g/mol. The van der Waals surface area contributed by atoms with Gasteiger partial charge in [-0.05, 0) is 43.1 Å². The van der Waals surface area contributed by atoms with Gasteiger partial charge >= 0.3 is 0 Å². The minimum atomic E-state index is 0.628. The summed E-state index contributed by atoms with van der Waals surface area (Å²) in [4.78, 5) is 2.31. The number of aromatic nitrogens is 3. The number of furan rings is 1. The molecule has 2 aromatic heterocycles. The predicted molar refractivity (Wildman–Crippen MR) is 75.8 cm³/mol. The molecule has 1 N–H and O–H groups in total. The molecule has 0 spiro atoms. The number of aromatic amines is 1. The van der Waals surface area contributed by atoms with Gasteiger partial charge in [0, 0.05) is 13.1 Å². The normalized spacial score (nSPS) is 19.8. The zero-order chi connectivity index (χ0) is 13.2. The third-order valence-corrected chi connectivity index (χ3v) is 3.88. The largest absolute Gasteiger partial charge is 0.467 e. The summed E-state index contributed by atoms with van der Waals surface area (Å²) in [5, 5.41) is 7.28. The zero-order valence-corrected chi connectivity index (χ0v) is 11.8. The van der Waals surface area contributed by atoms with Crippen LogP contribution in [-0.2, 0) is 6.54 Å². The van der Waals surface area contributed by atoms with E-state index in [4.69, 9.17) is 16.6 Å². The van der Waals surface area contributed by atoms with E-state index >= 15 is 0 Å². The van der Waals surface area contributed by atoms with E-state index in [9.17, 15) is 0 Å². The Morgan fingerprint density at radius 3 is 3.21 bits per heavy atom. The molecular weight excluding hydrogens is 260 g/mol. The Hall–Kier alpha value is -1.56. The van der Waals surface area contributed by atoms with Gasteiger partial charge in [0.25, 0.3) is 0 Å². The Kier molecular flexibility index (Phi) is 3.42. The number of H-pyrrole nitrogens is 1. The van der Waals surface area contributed by atoms with E-state index in [1.807, 2.05) is 16.7 Å². The topological polar surface area (TPSA) is 50.0 Å². The molecule has 0 aliphatic carbocycles. The van der Waals surface area contributed by atoms with E-state index in [1.54, 1.807) is 6.26 Å². The molecule has 3 rings (SSSR count). The SMILES string of the molecule is C[C@H]1CCCN(c2n[nH]c(=S)n2Cc2ccco2)C1. The summed E-state index contributed by atoms with van der Waals surface area (Å²) < 4.78 is 8.05. The van der Waals surface area contributed by atoms with E-state index in [2.05, 4.69) is 22.0 Å². The summed E-state index contributed by atoms with van der Waals surface area (Å²) in [5.74, 6) is 2.52. The number of nitrogens with one attached hydrogen (secondary N) is 1. The number of rotatable bonds is 3. The Morgan fingerprint density at radius 2 is 2.47 bits per heavy atom. The van der Waals surface area contributed by atoms with Crippen LogP contribution < -0.4 is 4.90 Å². The fourth-order valence-corrected chi connectivity index (χ4v) is 2.81. The molecule has 1 saturated heterocycles. The van der Waals surface area contributed by atoms with Crippen LogP contribution in [0.4, 0.5) is 5.95 Å². The number of hydrogen-bond acceptors (Lipinski definition) is 4. The Bertz CT molecular complexity index is 586. The fraction of sp³-hybridized carbons (Fsp3) is 0.538. The summed E-state index contributed by atoms with van der Waals surface area (Å²) in [7, 11) is 0. The third kappa shape index (κ3) is 2.58. The maximum absolute atomic E-state index is 5.40. The molecular formula is C13H18N4OS. The summed E-state index contributed by atoms with van der Waals surface area (Å²) >= 11 is 5.32. The lowest BCUT2D eigenvalue weighted by atomic mass is 10.0. The first-order valence-corrected chi connectivity index (χ1v) is 7.07. The van der Waals surface area contributed by atoms with Crippen molar-refractivity contribution in [2.24, 2.45) is 5.92 Å². The molecule has 1 aliphatic heterocycles. The first-order chi connectivity index (χ1) is 9.24. The van der Waals surface area contributed by atoms with Crippen molar-refractivity contribution in [1.29, 1.82) is 0 Å². The Morgan fingerprint density at radius 1 is 1.58 bits per heavy atom. The van der Waals surface area contributed by atoms with Gasteiger partial charge in [0.2, 0.25) is 5.95 Å². The summed E-state index contributed by atoms with van der Waals surface area (Å²) in [6, 6.07) is 3.85. The van der Waals surface area contributed by atoms with Crippen molar-refractivity contribution >= 4 is 18.2 Å². The lowest BCUT2D eigenvalue weighted by Crippen LogP contribution is -2.36. The number of nitrogens with zero attached hydrogens (tertiary/aromatic N) is 3. The summed E-state index contributed by atoms with van der Waals surface area (Å²) in [6.07, 6.45) is 4.18. The highest BCUT2D eigenvalue weighted by atomic mass is 32.1. The minimum absolute atomic E-state index is 0.628. The maximum Gasteiger partial charge on any atom is 0.226 e. The van der Waals surface area contributed by atoms with Crippen molar-refractivity contribution in [1.82, 2.24) is 14.8 Å². The van der Waals surface area contributed by atoms with Crippen LogP contribution in [0.15, 0.2) is 22.8 Å². The van der Waals surface area contributed by atoms with E-state index in [-0.39, 0.29) is 0 Å². The molecule has 2 aromatic rings. The molecule has 6 heteroatoms. The molecule has 0 amide bonds. The molecule has 1 aliphatic rings.